The standard InChI is InChI=1S/C9H11F2N3O2/c10-4-1-2-6(8(13)7(4)11)14-9(16)5(12)3-15/h1-2,5,15H,3,12-13H2,(H,14,16). The monoisotopic (exact) mass is 231 g/mol. The Balaban J connectivity index is 2.91. The van der Waals surface area contributed by atoms with Crippen LogP contribution < -0.4 is 16.8 Å². The first-order valence-corrected chi connectivity index (χ1v) is 4.38. The predicted octanol–water partition coefficient (Wildman–Crippen LogP) is -0.195. The van der Waals surface area contributed by atoms with E-state index in [1.54, 1.807) is 0 Å². The van der Waals surface area contributed by atoms with Gasteiger partial charge in [-0.3, -0.25) is 4.79 Å². The molecule has 0 spiro atoms. The highest BCUT2D eigenvalue weighted by Crippen LogP contribution is 2.23. The van der Waals surface area contributed by atoms with Crippen molar-refractivity contribution < 1.29 is 18.7 Å². The number of aliphatic hydroxyl groups is 1. The first-order valence-electron chi connectivity index (χ1n) is 4.38. The smallest absolute Gasteiger partial charge is 0.243 e. The number of carbonyl (C=O) groups is 1. The summed E-state index contributed by atoms with van der Waals surface area (Å²) < 4.78 is 25.7. The normalized spacial score (nSPS) is 12.2. The molecule has 1 aromatic rings. The van der Waals surface area contributed by atoms with Gasteiger partial charge in [-0.05, 0) is 12.1 Å². The fourth-order valence-electron chi connectivity index (χ4n) is 0.984. The van der Waals surface area contributed by atoms with Crippen LogP contribution in [0.5, 0.6) is 0 Å². The van der Waals surface area contributed by atoms with Crippen LogP contribution in [0.15, 0.2) is 12.1 Å². The van der Waals surface area contributed by atoms with Gasteiger partial charge in [0.2, 0.25) is 5.91 Å². The summed E-state index contributed by atoms with van der Waals surface area (Å²) in [6, 6.07) is 0.786. The Hall–Kier alpha value is -1.73. The molecule has 0 aliphatic carbocycles. The van der Waals surface area contributed by atoms with Crippen LogP contribution in [0, 0.1) is 11.6 Å². The number of aliphatic hydroxyl groups excluding tert-OH is 1. The Bertz CT molecular complexity index is 412. The summed E-state index contributed by atoms with van der Waals surface area (Å²) in [5, 5.41) is 10.8. The van der Waals surface area contributed by atoms with Gasteiger partial charge in [0.15, 0.2) is 11.6 Å². The minimum atomic E-state index is -1.24. The molecule has 0 saturated carbocycles. The van der Waals surface area contributed by atoms with E-state index in [2.05, 4.69) is 5.32 Å². The number of halogens is 2. The van der Waals surface area contributed by atoms with Crippen molar-refractivity contribution in [2.75, 3.05) is 17.7 Å². The molecule has 7 heteroatoms. The van der Waals surface area contributed by atoms with Crippen LogP contribution in [0.25, 0.3) is 0 Å². The molecule has 1 aromatic carbocycles. The zero-order valence-electron chi connectivity index (χ0n) is 8.21. The maximum Gasteiger partial charge on any atom is 0.243 e. The highest BCUT2D eigenvalue weighted by atomic mass is 19.2. The molecule has 1 rings (SSSR count). The van der Waals surface area contributed by atoms with Crippen molar-refractivity contribution in [3.63, 3.8) is 0 Å². The van der Waals surface area contributed by atoms with Crippen molar-refractivity contribution in [2.45, 2.75) is 6.04 Å². The third-order valence-electron chi connectivity index (χ3n) is 1.92. The van der Waals surface area contributed by atoms with E-state index in [1.807, 2.05) is 0 Å². The van der Waals surface area contributed by atoms with Crippen LogP contribution in [0.2, 0.25) is 0 Å². The minimum Gasteiger partial charge on any atom is -0.395 e. The molecule has 0 aliphatic rings. The number of amides is 1. The first-order chi connectivity index (χ1) is 7.47. The fraction of sp³-hybridized carbons (Fsp3) is 0.222. The van der Waals surface area contributed by atoms with Crippen LogP contribution >= 0.6 is 0 Å². The second-order valence-corrected chi connectivity index (χ2v) is 3.10. The Morgan fingerprint density at radius 1 is 1.50 bits per heavy atom. The van der Waals surface area contributed by atoms with Crippen molar-refractivity contribution in [3.05, 3.63) is 23.8 Å². The molecule has 0 bridgehead atoms. The molecule has 0 saturated heterocycles. The van der Waals surface area contributed by atoms with Crippen molar-refractivity contribution in [3.8, 4) is 0 Å². The van der Waals surface area contributed by atoms with Crippen molar-refractivity contribution in [1.82, 2.24) is 0 Å². The van der Waals surface area contributed by atoms with Gasteiger partial charge >= 0.3 is 0 Å². The lowest BCUT2D eigenvalue weighted by Crippen LogP contribution is -2.38. The zero-order valence-corrected chi connectivity index (χ0v) is 8.21. The van der Waals surface area contributed by atoms with E-state index in [1.165, 1.54) is 0 Å². The number of hydrogen-bond acceptors (Lipinski definition) is 4. The van der Waals surface area contributed by atoms with E-state index in [0.29, 0.717) is 0 Å². The Morgan fingerprint density at radius 3 is 2.69 bits per heavy atom. The van der Waals surface area contributed by atoms with E-state index < -0.39 is 35.9 Å². The molecule has 0 aliphatic heterocycles. The Morgan fingerprint density at radius 2 is 2.12 bits per heavy atom. The average Bonchev–Trinajstić information content (AvgIpc) is 2.28. The maximum atomic E-state index is 13.0. The van der Waals surface area contributed by atoms with Crippen molar-refractivity contribution >= 4 is 17.3 Å². The third-order valence-corrected chi connectivity index (χ3v) is 1.92. The van der Waals surface area contributed by atoms with Gasteiger partial charge in [0.1, 0.15) is 6.04 Å². The van der Waals surface area contributed by atoms with Gasteiger partial charge in [0.25, 0.3) is 0 Å². The quantitative estimate of drug-likeness (QED) is 0.541. The number of nitrogen functional groups attached to an aromatic ring is 1. The third kappa shape index (κ3) is 2.44. The van der Waals surface area contributed by atoms with Crippen molar-refractivity contribution in [2.24, 2.45) is 5.73 Å². The predicted molar refractivity (Wildman–Crippen MR) is 54.5 cm³/mol. The molecular formula is C9H11F2N3O2. The van der Waals surface area contributed by atoms with Gasteiger partial charge in [0.05, 0.1) is 18.0 Å². The summed E-state index contributed by atoms with van der Waals surface area (Å²) >= 11 is 0. The van der Waals surface area contributed by atoms with Crippen LogP contribution in [0.1, 0.15) is 0 Å². The highest BCUT2D eigenvalue weighted by Gasteiger charge is 2.16. The molecule has 0 heterocycles. The van der Waals surface area contributed by atoms with Gasteiger partial charge in [-0.15, -0.1) is 0 Å². The van der Waals surface area contributed by atoms with Gasteiger partial charge in [-0.1, -0.05) is 0 Å². The average molecular weight is 231 g/mol. The number of anilines is 2. The summed E-state index contributed by atoms with van der Waals surface area (Å²) in [5.74, 6) is -3.09. The number of rotatable bonds is 3. The summed E-state index contributed by atoms with van der Waals surface area (Å²) in [7, 11) is 0. The van der Waals surface area contributed by atoms with E-state index in [0.717, 1.165) is 12.1 Å². The van der Waals surface area contributed by atoms with E-state index in [-0.39, 0.29) is 5.69 Å². The molecule has 6 N–H and O–H groups in total. The fourth-order valence-corrected chi connectivity index (χ4v) is 0.984. The molecule has 1 atom stereocenters. The van der Waals surface area contributed by atoms with Crippen molar-refractivity contribution in [1.29, 1.82) is 0 Å². The van der Waals surface area contributed by atoms with Crippen LogP contribution in [0.3, 0.4) is 0 Å². The second kappa shape index (κ2) is 4.86. The molecule has 5 nitrogen and oxygen atoms in total. The maximum absolute atomic E-state index is 13.0. The Kier molecular flexibility index (Phi) is 3.75. The number of nitrogens with two attached hydrogens (primary N) is 2. The van der Waals surface area contributed by atoms with Gasteiger partial charge in [0, 0.05) is 0 Å². The van der Waals surface area contributed by atoms with Gasteiger partial charge in [-0.25, -0.2) is 8.78 Å². The number of benzene rings is 1. The summed E-state index contributed by atoms with van der Waals surface area (Å²) in [5.41, 5.74) is 9.85. The number of hydrogen-bond donors (Lipinski definition) is 4. The molecular weight excluding hydrogens is 220 g/mol. The van der Waals surface area contributed by atoms with Crippen LogP contribution in [-0.4, -0.2) is 23.7 Å². The molecule has 0 fully saturated rings. The molecule has 0 aromatic heterocycles. The van der Waals surface area contributed by atoms with Gasteiger partial charge in [-0.2, -0.15) is 0 Å². The minimum absolute atomic E-state index is 0.0900. The molecule has 16 heavy (non-hydrogen) atoms. The highest BCUT2D eigenvalue weighted by molar-refractivity contribution is 5.97. The largest absolute Gasteiger partial charge is 0.395 e. The summed E-state index contributed by atoms with van der Waals surface area (Å²) in [6.45, 7) is -0.560. The molecule has 0 radical (unpaired) electrons. The van der Waals surface area contributed by atoms with E-state index in [4.69, 9.17) is 16.6 Å². The number of nitrogens with one attached hydrogen (secondary N) is 1. The Labute approximate surface area is 90.0 Å². The SMILES string of the molecule is Nc1c(NC(=O)C(N)CO)ccc(F)c1F. The number of carbonyl (C=O) groups excluding carboxylic acids is 1. The van der Waals surface area contributed by atoms with E-state index in [9.17, 15) is 13.6 Å². The molecule has 88 valence electrons. The molecule has 1 amide bonds. The van der Waals surface area contributed by atoms with Gasteiger partial charge < -0.3 is 21.9 Å². The summed E-state index contributed by atoms with van der Waals surface area (Å²) in [6.07, 6.45) is 0. The lowest BCUT2D eigenvalue weighted by atomic mass is 10.2. The molecule has 1 unspecified atom stereocenters. The zero-order chi connectivity index (χ0) is 12.3. The second-order valence-electron chi connectivity index (χ2n) is 3.10. The van der Waals surface area contributed by atoms with Crippen LogP contribution in [-0.2, 0) is 4.79 Å². The van der Waals surface area contributed by atoms with E-state index >= 15 is 0 Å². The lowest BCUT2D eigenvalue weighted by molar-refractivity contribution is -0.118. The van der Waals surface area contributed by atoms with Crippen LogP contribution in [0.4, 0.5) is 20.2 Å². The topological polar surface area (TPSA) is 101 Å². The lowest BCUT2D eigenvalue weighted by Gasteiger charge is -2.11. The first kappa shape index (κ1) is 12.3. The summed E-state index contributed by atoms with van der Waals surface area (Å²) in [4.78, 5) is 11.2.